The highest BCUT2D eigenvalue weighted by atomic mass is 79.9. The molecule has 0 saturated heterocycles. The van der Waals surface area contributed by atoms with Gasteiger partial charge in [-0.15, -0.1) is 0 Å². The largest absolute Gasteiger partial charge is 0.322 e. The Hall–Kier alpha value is -2.99. The van der Waals surface area contributed by atoms with Crippen LogP contribution in [0.4, 0.5) is 11.4 Å². The molecule has 0 heterocycles. The second-order valence-corrected chi connectivity index (χ2v) is 6.26. The monoisotopic (exact) mass is 396 g/mol. The molecule has 0 atom stereocenters. The molecule has 0 aliphatic heterocycles. The van der Waals surface area contributed by atoms with Gasteiger partial charge in [0.2, 0.25) is 0 Å². The van der Waals surface area contributed by atoms with Crippen molar-refractivity contribution >= 4 is 33.2 Å². The van der Waals surface area contributed by atoms with E-state index in [9.17, 15) is 14.9 Å². The summed E-state index contributed by atoms with van der Waals surface area (Å²) in [7, 11) is 0. The Labute approximate surface area is 152 Å². The molecule has 0 saturated carbocycles. The van der Waals surface area contributed by atoms with Crippen LogP contribution < -0.4 is 5.32 Å². The molecule has 0 aromatic heterocycles. The van der Waals surface area contributed by atoms with Gasteiger partial charge >= 0.3 is 0 Å². The molecule has 0 bridgehead atoms. The normalized spacial score (nSPS) is 10.3. The molecule has 3 rings (SSSR count). The number of amides is 1. The summed E-state index contributed by atoms with van der Waals surface area (Å²) in [5, 5.41) is 13.5. The number of anilines is 1. The SMILES string of the molecule is O=C(Nc1ccc(-c2ccc([N+](=O)[O-])cc2)cc1)c1ccc(Br)cc1. The average molecular weight is 397 g/mol. The predicted octanol–water partition coefficient (Wildman–Crippen LogP) is 5.28. The van der Waals surface area contributed by atoms with Crippen LogP contribution in [-0.4, -0.2) is 10.8 Å². The Morgan fingerprint density at radius 1 is 0.840 bits per heavy atom. The van der Waals surface area contributed by atoms with E-state index < -0.39 is 4.92 Å². The highest BCUT2D eigenvalue weighted by molar-refractivity contribution is 9.10. The lowest BCUT2D eigenvalue weighted by Gasteiger charge is -2.07. The van der Waals surface area contributed by atoms with Crippen molar-refractivity contribution in [2.24, 2.45) is 0 Å². The van der Waals surface area contributed by atoms with Crippen LogP contribution in [0, 0.1) is 10.1 Å². The summed E-state index contributed by atoms with van der Waals surface area (Å²) in [5.74, 6) is -0.185. The van der Waals surface area contributed by atoms with E-state index in [-0.39, 0.29) is 11.6 Å². The fourth-order valence-corrected chi connectivity index (χ4v) is 2.59. The van der Waals surface area contributed by atoms with Crippen LogP contribution in [-0.2, 0) is 0 Å². The van der Waals surface area contributed by atoms with Gasteiger partial charge in [-0.05, 0) is 59.7 Å². The molecule has 0 aliphatic carbocycles. The molecule has 3 aromatic carbocycles. The fourth-order valence-electron chi connectivity index (χ4n) is 2.33. The van der Waals surface area contributed by atoms with E-state index in [0.29, 0.717) is 11.3 Å². The van der Waals surface area contributed by atoms with Crippen LogP contribution in [0.5, 0.6) is 0 Å². The number of nitro groups is 1. The van der Waals surface area contributed by atoms with Crippen LogP contribution in [0.2, 0.25) is 0 Å². The lowest BCUT2D eigenvalue weighted by atomic mass is 10.0. The number of nitro benzene ring substituents is 1. The second-order valence-electron chi connectivity index (χ2n) is 5.34. The van der Waals surface area contributed by atoms with Crippen molar-refractivity contribution in [3.63, 3.8) is 0 Å². The number of rotatable bonds is 4. The number of nitrogens with zero attached hydrogens (tertiary/aromatic N) is 1. The summed E-state index contributed by atoms with van der Waals surface area (Å²) in [5.41, 5.74) is 3.09. The van der Waals surface area contributed by atoms with Crippen LogP contribution in [0.25, 0.3) is 11.1 Å². The minimum atomic E-state index is -0.426. The van der Waals surface area contributed by atoms with Gasteiger partial charge in [0, 0.05) is 27.9 Å². The molecule has 0 spiro atoms. The van der Waals surface area contributed by atoms with Gasteiger partial charge in [0.15, 0.2) is 0 Å². The zero-order chi connectivity index (χ0) is 17.8. The van der Waals surface area contributed by atoms with E-state index >= 15 is 0 Å². The standard InChI is InChI=1S/C19H13BrN2O3/c20-16-7-1-15(2-8-16)19(23)21-17-9-3-13(4-10-17)14-5-11-18(12-6-14)22(24)25/h1-12H,(H,21,23). The molecular formula is C19H13BrN2O3. The molecule has 1 N–H and O–H groups in total. The van der Waals surface area contributed by atoms with E-state index in [1.54, 1.807) is 36.4 Å². The number of benzene rings is 3. The van der Waals surface area contributed by atoms with Gasteiger partial charge in [-0.2, -0.15) is 0 Å². The number of carbonyl (C=O) groups is 1. The van der Waals surface area contributed by atoms with E-state index in [1.807, 2.05) is 24.3 Å². The Morgan fingerprint density at radius 3 is 1.88 bits per heavy atom. The molecule has 0 fully saturated rings. The van der Waals surface area contributed by atoms with Crippen molar-refractivity contribution in [1.29, 1.82) is 0 Å². The third-order valence-electron chi connectivity index (χ3n) is 3.66. The molecule has 3 aromatic rings. The maximum atomic E-state index is 12.2. The number of hydrogen-bond acceptors (Lipinski definition) is 3. The van der Waals surface area contributed by atoms with E-state index in [2.05, 4.69) is 21.2 Å². The van der Waals surface area contributed by atoms with Gasteiger partial charge < -0.3 is 5.32 Å². The molecular weight excluding hydrogens is 384 g/mol. The zero-order valence-electron chi connectivity index (χ0n) is 13.0. The summed E-state index contributed by atoms with van der Waals surface area (Å²) in [6, 6.07) is 20.8. The van der Waals surface area contributed by atoms with E-state index in [0.717, 1.165) is 15.6 Å². The van der Waals surface area contributed by atoms with Gasteiger partial charge in [-0.1, -0.05) is 28.1 Å². The summed E-state index contributed by atoms with van der Waals surface area (Å²) >= 11 is 3.33. The van der Waals surface area contributed by atoms with Crippen molar-refractivity contribution in [3.8, 4) is 11.1 Å². The van der Waals surface area contributed by atoms with Gasteiger partial charge in [0.25, 0.3) is 11.6 Å². The average Bonchev–Trinajstić information content (AvgIpc) is 2.63. The second kappa shape index (κ2) is 7.27. The van der Waals surface area contributed by atoms with Gasteiger partial charge in [-0.3, -0.25) is 14.9 Å². The molecule has 0 aliphatic rings. The van der Waals surface area contributed by atoms with Crippen molar-refractivity contribution in [1.82, 2.24) is 0 Å². The molecule has 1 amide bonds. The quantitative estimate of drug-likeness (QED) is 0.481. The summed E-state index contributed by atoms with van der Waals surface area (Å²) in [4.78, 5) is 22.5. The van der Waals surface area contributed by atoms with Crippen LogP contribution >= 0.6 is 15.9 Å². The summed E-state index contributed by atoms with van der Waals surface area (Å²) in [6.07, 6.45) is 0. The fraction of sp³-hybridized carbons (Fsp3) is 0. The van der Waals surface area contributed by atoms with Crippen LogP contribution in [0.1, 0.15) is 10.4 Å². The van der Waals surface area contributed by atoms with E-state index in [4.69, 9.17) is 0 Å². The molecule has 5 nitrogen and oxygen atoms in total. The molecule has 25 heavy (non-hydrogen) atoms. The topological polar surface area (TPSA) is 72.2 Å². The van der Waals surface area contributed by atoms with Crippen molar-refractivity contribution in [3.05, 3.63) is 92.9 Å². The first-order valence-corrected chi connectivity index (χ1v) is 8.24. The first kappa shape index (κ1) is 16.9. The van der Waals surface area contributed by atoms with Crippen molar-refractivity contribution in [2.75, 3.05) is 5.32 Å². The third kappa shape index (κ3) is 4.10. The number of hydrogen-bond donors (Lipinski definition) is 1. The summed E-state index contributed by atoms with van der Waals surface area (Å²) < 4.78 is 0.913. The minimum absolute atomic E-state index is 0.0575. The Morgan fingerprint density at radius 2 is 1.36 bits per heavy atom. The number of carbonyl (C=O) groups excluding carboxylic acids is 1. The lowest BCUT2D eigenvalue weighted by molar-refractivity contribution is -0.384. The summed E-state index contributed by atoms with van der Waals surface area (Å²) in [6.45, 7) is 0. The van der Waals surface area contributed by atoms with Crippen LogP contribution in [0.3, 0.4) is 0 Å². The first-order valence-electron chi connectivity index (χ1n) is 7.45. The molecule has 0 radical (unpaired) electrons. The Balaban J connectivity index is 1.72. The Bertz CT molecular complexity index is 905. The van der Waals surface area contributed by atoms with Crippen LogP contribution in [0.15, 0.2) is 77.3 Å². The third-order valence-corrected chi connectivity index (χ3v) is 4.19. The lowest BCUT2D eigenvalue weighted by Crippen LogP contribution is -2.11. The predicted molar refractivity (Wildman–Crippen MR) is 101 cm³/mol. The Kier molecular flexibility index (Phi) is 4.90. The minimum Gasteiger partial charge on any atom is -0.322 e. The zero-order valence-corrected chi connectivity index (χ0v) is 14.6. The smallest absolute Gasteiger partial charge is 0.269 e. The highest BCUT2D eigenvalue weighted by Crippen LogP contribution is 2.24. The number of halogens is 1. The van der Waals surface area contributed by atoms with Gasteiger partial charge in [-0.25, -0.2) is 0 Å². The van der Waals surface area contributed by atoms with Gasteiger partial charge in [0.1, 0.15) is 0 Å². The molecule has 6 heteroatoms. The van der Waals surface area contributed by atoms with Crippen molar-refractivity contribution in [2.45, 2.75) is 0 Å². The van der Waals surface area contributed by atoms with E-state index in [1.165, 1.54) is 12.1 Å². The maximum Gasteiger partial charge on any atom is 0.269 e. The highest BCUT2D eigenvalue weighted by Gasteiger charge is 2.07. The molecule has 0 unspecified atom stereocenters. The van der Waals surface area contributed by atoms with Crippen molar-refractivity contribution < 1.29 is 9.72 Å². The first-order chi connectivity index (χ1) is 12.0. The number of nitrogens with one attached hydrogen (secondary N) is 1. The maximum absolute atomic E-state index is 12.2. The number of non-ortho nitro benzene ring substituents is 1. The van der Waals surface area contributed by atoms with Gasteiger partial charge in [0.05, 0.1) is 4.92 Å². The molecule has 124 valence electrons.